The Balaban J connectivity index is 1.53. The van der Waals surface area contributed by atoms with E-state index < -0.39 is 21.7 Å². The van der Waals surface area contributed by atoms with E-state index >= 15 is 0 Å². The van der Waals surface area contributed by atoms with Crippen LogP contribution in [0.5, 0.6) is 5.75 Å². The van der Waals surface area contributed by atoms with Gasteiger partial charge in [0.05, 0.1) is 0 Å². The van der Waals surface area contributed by atoms with Crippen LogP contribution in [-0.2, 0) is 26.0 Å². The molecular formula is C20H27NO5S. The summed E-state index contributed by atoms with van der Waals surface area (Å²) in [4.78, 5) is 12.0. The van der Waals surface area contributed by atoms with Crippen LogP contribution in [0.4, 0.5) is 0 Å². The van der Waals surface area contributed by atoms with E-state index in [-0.39, 0.29) is 11.5 Å². The Morgan fingerprint density at radius 3 is 2.81 bits per heavy atom. The Morgan fingerprint density at radius 2 is 2.07 bits per heavy atom. The van der Waals surface area contributed by atoms with Crippen LogP contribution in [-0.4, -0.2) is 31.4 Å². The quantitative estimate of drug-likeness (QED) is 0.767. The number of fused-ring (bicyclic) bond motifs is 5. The summed E-state index contributed by atoms with van der Waals surface area (Å²) in [5, 5.41) is 14.7. The lowest BCUT2D eigenvalue weighted by Crippen LogP contribution is -2.45. The van der Waals surface area contributed by atoms with Gasteiger partial charge < -0.3 is 9.84 Å². The number of ether oxygens (including phenoxy) is 1. The molecule has 0 radical (unpaired) electrons. The van der Waals surface area contributed by atoms with Crippen LogP contribution in [0, 0.1) is 17.3 Å². The summed E-state index contributed by atoms with van der Waals surface area (Å²) in [7, 11) is -3.87. The molecule has 0 amide bonds. The number of aromatic hydroxyl groups is 1. The second-order valence-corrected chi connectivity index (χ2v) is 10.3. The number of hydrogen-bond donors (Lipinski definition) is 2. The molecule has 148 valence electrons. The summed E-state index contributed by atoms with van der Waals surface area (Å²) < 4.78 is 27.9. The topological polar surface area (TPSA) is 107 Å². The standard InChI is InChI=1S/C20H27NO5S/c1-20-9-8-15-14-5-3-13(22)10-12(14)2-4-16(15)17(20)6-7-18(20)26-19(23)11-27(21,24)25/h3,5,10,15-18,22H,2,4,6-9,11H2,1H3,(H2,21,24,25). The minimum atomic E-state index is -3.87. The number of phenols is 1. The number of carbonyl (C=O) groups is 1. The molecule has 3 N–H and O–H groups in total. The van der Waals surface area contributed by atoms with Gasteiger partial charge in [-0.15, -0.1) is 0 Å². The van der Waals surface area contributed by atoms with E-state index in [1.807, 2.05) is 6.07 Å². The van der Waals surface area contributed by atoms with Crippen molar-refractivity contribution in [3.63, 3.8) is 0 Å². The van der Waals surface area contributed by atoms with E-state index in [1.165, 1.54) is 11.1 Å². The molecule has 0 heterocycles. The first-order chi connectivity index (χ1) is 12.7. The van der Waals surface area contributed by atoms with Crippen LogP contribution in [0.1, 0.15) is 56.1 Å². The fourth-order valence-electron chi connectivity index (χ4n) is 6.07. The molecule has 0 aliphatic heterocycles. The predicted octanol–water partition coefficient (Wildman–Crippen LogP) is 2.45. The maximum atomic E-state index is 12.0. The average molecular weight is 394 g/mol. The van der Waals surface area contributed by atoms with E-state index in [1.54, 1.807) is 6.07 Å². The van der Waals surface area contributed by atoms with Gasteiger partial charge in [-0.3, -0.25) is 4.79 Å². The molecule has 6 nitrogen and oxygen atoms in total. The largest absolute Gasteiger partial charge is 0.508 e. The molecule has 1 aromatic rings. The van der Waals surface area contributed by atoms with Gasteiger partial charge in [-0.25, -0.2) is 13.6 Å². The lowest BCUT2D eigenvalue weighted by Gasteiger charge is -2.50. The van der Waals surface area contributed by atoms with E-state index in [2.05, 4.69) is 13.0 Å². The molecule has 0 saturated heterocycles. The highest BCUT2D eigenvalue weighted by atomic mass is 32.2. The summed E-state index contributed by atoms with van der Waals surface area (Å²) >= 11 is 0. The van der Waals surface area contributed by atoms with E-state index in [9.17, 15) is 18.3 Å². The highest BCUT2D eigenvalue weighted by Crippen LogP contribution is 2.61. The Kier molecular flexibility index (Phi) is 4.50. The van der Waals surface area contributed by atoms with Gasteiger partial charge in [0.2, 0.25) is 10.0 Å². The number of aryl methyl sites for hydroxylation is 1. The van der Waals surface area contributed by atoms with Crippen LogP contribution < -0.4 is 5.14 Å². The maximum absolute atomic E-state index is 12.0. The Morgan fingerprint density at radius 1 is 1.30 bits per heavy atom. The average Bonchev–Trinajstić information content (AvgIpc) is 2.89. The summed E-state index contributed by atoms with van der Waals surface area (Å²) in [5.74, 6) is 0.332. The molecule has 0 spiro atoms. The molecule has 7 heteroatoms. The summed E-state index contributed by atoms with van der Waals surface area (Å²) in [5.41, 5.74) is 2.51. The molecule has 1 aromatic carbocycles. The zero-order valence-corrected chi connectivity index (χ0v) is 16.4. The van der Waals surface area contributed by atoms with Crippen molar-refractivity contribution in [1.82, 2.24) is 0 Å². The summed E-state index contributed by atoms with van der Waals surface area (Å²) in [6.07, 6.45) is 5.57. The van der Waals surface area contributed by atoms with Gasteiger partial charge in [-0.1, -0.05) is 13.0 Å². The Bertz CT molecular complexity index is 867. The zero-order chi connectivity index (χ0) is 19.4. The molecule has 3 aliphatic carbocycles. The summed E-state index contributed by atoms with van der Waals surface area (Å²) in [6, 6.07) is 5.75. The second-order valence-electron chi connectivity index (χ2n) is 8.71. The first kappa shape index (κ1) is 18.7. The molecule has 0 bridgehead atoms. The maximum Gasteiger partial charge on any atom is 0.322 e. The number of sulfonamides is 1. The normalized spacial score (nSPS) is 35.0. The van der Waals surface area contributed by atoms with Crippen LogP contribution in [0.2, 0.25) is 0 Å². The van der Waals surface area contributed by atoms with Crippen molar-refractivity contribution in [3.8, 4) is 5.75 Å². The fourth-order valence-corrected chi connectivity index (χ4v) is 6.47. The molecule has 27 heavy (non-hydrogen) atoms. The number of primary sulfonamides is 1. The first-order valence-corrected chi connectivity index (χ1v) is 11.4. The molecule has 0 aromatic heterocycles. The van der Waals surface area contributed by atoms with Crippen molar-refractivity contribution in [1.29, 1.82) is 0 Å². The van der Waals surface area contributed by atoms with Crippen molar-refractivity contribution in [3.05, 3.63) is 29.3 Å². The number of nitrogens with two attached hydrogens (primary N) is 1. The molecular weight excluding hydrogens is 366 g/mol. The second kappa shape index (κ2) is 6.48. The zero-order valence-electron chi connectivity index (χ0n) is 15.6. The van der Waals surface area contributed by atoms with Gasteiger partial charge in [-0.05, 0) is 79.5 Å². The van der Waals surface area contributed by atoms with Crippen molar-refractivity contribution in [2.45, 2.75) is 57.5 Å². The molecule has 2 fully saturated rings. The number of rotatable bonds is 3. The number of hydrogen-bond acceptors (Lipinski definition) is 5. The number of phenolic OH excluding ortho intramolecular Hbond substituents is 1. The van der Waals surface area contributed by atoms with Crippen molar-refractivity contribution < 1.29 is 23.1 Å². The number of carbonyl (C=O) groups excluding carboxylic acids is 1. The third-order valence-corrected chi connectivity index (χ3v) is 7.85. The monoisotopic (exact) mass is 393 g/mol. The third kappa shape index (κ3) is 3.36. The van der Waals surface area contributed by atoms with E-state index in [0.29, 0.717) is 23.5 Å². The van der Waals surface area contributed by atoms with Crippen molar-refractivity contribution >= 4 is 16.0 Å². The van der Waals surface area contributed by atoms with Crippen LogP contribution in [0.25, 0.3) is 0 Å². The van der Waals surface area contributed by atoms with E-state index in [4.69, 9.17) is 9.88 Å². The third-order valence-electron chi connectivity index (χ3n) is 7.22. The molecule has 5 atom stereocenters. The molecule has 2 saturated carbocycles. The number of benzene rings is 1. The fraction of sp³-hybridized carbons (Fsp3) is 0.650. The lowest BCUT2D eigenvalue weighted by atomic mass is 9.55. The van der Waals surface area contributed by atoms with Gasteiger partial charge in [0, 0.05) is 5.41 Å². The molecule has 4 rings (SSSR count). The smallest absolute Gasteiger partial charge is 0.322 e. The molecule has 3 aliphatic rings. The van der Waals surface area contributed by atoms with E-state index in [0.717, 1.165) is 38.5 Å². The Hall–Kier alpha value is -1.60. The molecule has 5 unspecified atom stereocenters. The SMILES string of the molecule is CC12CCC3c4ccc(O)cc4CCC3C1CCC2OC(=O)CS(N)(=O)=O. The van der Waals surface area contributed by atoms with Crippen LogP contribution in [0.15, 0.2) is 18.2 Å². The summed E-state index contributed by atoms with van der Waals surface area (Å²) in [6.45, 7) is 2.20. The number of esters is 1. The first-order valence-electron chi connectivity index (χ1n) is 9.69. The van der Waals surface area contributed by atoms with Gasteiger partial charge in [0.15, 0.2) is 5.75 Å². The predicted molar refractivity (Wildman–Crippen MR) is 101 cm³/mol. The van der Waals surface area contributed by atoms with Crippen molar-refractivity contribution in [2.75, 3.05) is 5.75 Å². The van der Waals surface area contributed by atoms with Gasteiger partial charge >= 0.3 is 5.97 Å². The van der Waals surface area contributed by atoms with Gasteiger partial charge in [0.1, 0.15) is 11.9 Å². The van der Waals surface area contributed by atoms with Crippen molar-refractivity contribution in [2.24, 2.45) is 22.4 Å². The van der Waals surface area contributed by atoms with Gasteiger partial charge in [0.25, 0.3) is 0 Å². The van der Waals surface area contributed by atoms with Crippen LogP contribution in [0.3, 0.4) is 0 Å². The highest BCUT2D eigenvalue weighted by molar-refractivity contribution is 7.89. The van der Waals surface area contributed by atoms with Crippen LogP contribution >= 0.6 is 0 Å². The lowest BCUT2D eigenvalue weighted by molar-refractivity contribution is -0.154. The Labute approximate surface area is 160 Å². The minimum absolute atomic E-state index is 0.108. The van der Waals surface area contributed by atoms with Gasteiger partial charge in [-0.2, -0.15) is 0 Å². The highest BCUT2D eigenvalue weighted by Gasteiger charge is 2.56. The minimum Gasteiger partial charge on any atom is -0.508 e.